The number of para-hydroxylation sites is 1. The van der Waals surface area contributed by atoms with Crippen molar-refractivity contribution in [3.8, 4) is 11.1 Å². The summed E-state index contributed by atoms with van der Waals surface area (Å²) >= 11 is 0. The van der Waals surface area contributed by atoms with E-state index >= 15 is 0 Å². The summed E-state index contributed by atoms with van der Waals surface area (Å²) in [5.41, 5.74) is 7.47. The molecular formula is C54H33NO. The van der Waals surface area contributed by atoms with E-state index in [0.717, 1.165) is 50.1 Å². The first kappa shape index (κ1) is 31.0. The van der Waals surface area contributed by atoms with Crippen LogP contribution in [0.1, 0.15) is 0 Å². The molecule has 260 valence electrons. The van der Waals surface area contributed by atoms with E-state index in [9.17, 15) is 0 Å². The van der Waals surface area contributed by atoms with E-state index in [1.165, 1.54) is 64.6 Å². The van der Waals surface area contributed by atoms with Gasteiger partial charge in [-0.3, -0.25) is 0 Å². The van der Waals surface area contributed by atoms with Gasteiger partial charge in [0.05, 0.1) is 0 Å². The Morgan fingerprint density at radius 1 is 0.232 bits per heavy atom. The SMILES string of the molecule is c1ccc2c(c1)oc1ccc(-c3ccc(N(c4ccc5c6ccccc6c6ccccc6c5c4)c4ccc5c6ccccc6c6ccccc6c5c4)cc3)cc12. The maximum atomic E-state index is 6.15. The van der Waals surface area contributed by atoms with Gasteiger partial charge in [-0.1, -0.05) is 146 Å². The van der Waals surface area contributed by atoms with E-state index in [1.807, 2.05) is 12.1 Å². The van der Waals surface area contributed by atoms with Crippen LogP contribution in [0.2, 0.25) is 0 Å². The van der Waals surface area contributed by atoms with E-state index in [-0.39, 0.29) is 0 Å². The van der Waals surface area contributed by atoms with Crippen LogP contribution in [-0.2, 0) is 0 Å². The van der Waals surface area contributed by atoms with Crippen molar-refractivity contribution in [1.29, 1.82) is 0 Å². The minimum absolute atomic E-state index is 0.908. The van der Waals surface area contributed by atoms with Crippen LogP contribution < -0.4 is 4.90 Å². The van der Waals surface area contributed by atoms with Gasteiger partial charge in [-0.2, -0.15) is 0 Å². The van der Waals surface area contributed by atoms with E-state index in [2.05, 4.69) is 193 Å². The molecule has 0 unspecified atom stereocenters. The predicted molar refractivity (Wildman–Crippen MR) is 239 cm³/mol. The topological polar surface area (TPSA) is 16.4 Å². The van der Waals surface area contributed by atoms with E-state index in [0.29, 0.717) is 0 Å². The lowest BCUT2D eigenvalue weighted by Gasteiger charge is -2.27. The van der Waals surface area contributed by atoms with Crippen LogP contribution in [0.4, 0.5) is 17.1 Å². The number of hydrogen-bond donors (Lipinski definition) is 0. The summed E-state index contributed by atoms with van der Waals surface area (Å²) in [5, 5.41) is 17.5. The number of rotatable bonds is 4. The molecule has 0 bridgehead atoms. The molecule has 56 heavy (non-hydrogen) atoms. The number of hydrogen-bond acceptors (Lipinski definition) is 2. The van der Waals surface area contributed by atoms with Gasteiger partial charge in [-0.05, 0) is 130 Å². The van der Waals surface area contributed by atoms with E-state index in [1.54, 1.807) is 0 Å². The zero-order chi connectivity index (χ0) is 36.7. The Morgan fingerprint density at radius 3 is 1.07 bits per heavy atom. The van der Waals surface area contributed by atoms with Crippen molar-refractivity contribution in [3.05, 3.63) is 200 Å². The fourth-order valence-electron chi connectivity index (χ4n) is 9.23. The third kappa shape index (κ3) is 4.63. The molecular weight excluding hydrogens is 679 g/mol. The average molecular weight is 712 g/mol. The molecule has 0 N–H and O–H groups in total. The smallest absolute Gasteiger partial charge is 0.135 e. The van der Waals surface area contributed by atoms with Crippen molar-refractivity contribution >= 4 is 104 Å². The molecule has 12 aromatic rings. The summed E-state index contributed by atoms with van der Waals surface area (Å²) in [6.07, 6.45) is 0. The third-order valence-electron chi connectivity index (χ3n) is 11.8. The van der Waals surface area contributed by atoms with Gasteiger partial charge in [0.1, 0.15) is 11.2 Å². The Labute approximate surface area is 323 Å². The van der Waals surface area contributed by atoms with Gasteiger partial charge in [-0.15, -0.1) is 0 Å². The number of benzene rings is 11. The summed E-state index contributed by atoms with van der Waals surface area (Å²) in [4.78, 5) is 2.42. The largest absolute Gasteiger partial charge is 0.456 e. The van der Waals surface area contributed by atoms with Gasteiger partial charge >= 0.3 is 0 Å². The van der Waals surface area contributed by atoms with Gasteiger partial charge in [-0.25, -0.2) is 0 Å². The van der Waals surface area contributed by atoms with E-state index < -0.39 is 0 Å². The fraction of sp³-hybridized carbons (Fsp3) is 0. The molecule has 1 aromatic heterocycles. The Kier molecular flexibility index (Phi) is 6.66. The standard InChI is InChI=1S/C54H33NO/c1-3-15-43-39(11-1)41-13-5-7-17-45(41)50-32-37(26-28-47(43)50)55(38-27-29-48-44-16-4-2-12-40(44)42-14-6-8-18-46(42)51(48)33-38)36-24-21-34(22-25-36)35-23-30-54-52(31-35)49-19-9-10-20-53(49)56-54/h1-33H. The summed E-state index contributed by atoms with van der Waals surface area (Å²) in [6, 6.07) is 73.0. The summed E-state index contributed by atoms with van der Waals surface area (Å²) in [5.74, 6) is 0. The lowest BCUT2D eigenvalue weighted by Crippen LogP contribution is -2.10. The zero-order valence-electron chi connectivity index (χ0n) is 30.4. The van der Waals surface area contributed by atoms with Gasteiger partial charge in [0, 0.05) is 27.8 Å². The lowest BCUT2D eigenvalue weighted by molar-refractivity contribution is 0.669. The molecule has 0 saturated heterocycles. The molecule has 2 heteroatoms. The Bertz CT molecular complexity index is 3310. The van der Waals surface area contributed by atoms with E-state index in [4.69, 9.17) is 4.42 Å². The van der Waals surface area contributed by atoms with Gasteiger partial charge in [0.2, 0.25) is 0 Å². The minimum atomic E-state index is 0.908. The normalized spacial score (nSPS) is 11.9. The molecule has 0 aliphatic carbocycles. The molecule has 0 amide bonds. The Morgan fingerprint density at radius 2 is 0.589 bits per heavy atom. The molecule has 1 heterocycles. The maximum Gasteiger partial charge on any atom is 0.135 e. The van der Waals surface area contributed by atoms with Crippen molar-refractivity contribution in [2.24, 2.45) is 0 Å². The second kappa shape index (κ2) is 12.0. The van der Waals surface area contributed by atoms with Crippen LogP contribution in [0.25, 0.3) is 97.7 Å². The van der Waals surface area contributed by atoms with Crippen molar-refractivity contribution < 1.29 is 4.42 Å². The molecule has 0 saturated carbocycles. The van der Waals surface area contributed by atoms with Crippen molar-refractivity contribution in [1.82, 2.24) is 0 Å². The highest BCUT2D eigenvalue weighted by molar-refractivity contribution is 6.27. The number of anilines is 3. The molecule has 0 aliphatic heterocycles. The van der Waals surface area contributed by atoms with Gasteiger partial charge in [0.15, 0.2) is 0 Å². The molecule has 11 aromatic carbocycles. The summed E-state index contributed by atoms with van der Waals surface area (Å²) in [7, 11) is 0. The predicted octanol–water partition coefficient (Wildman–Crippen LogP) is 15.6. The third-order valence-corrected chi connectivity index (χ3v) is 11.8. The second-order valence-electron chi connectivity index (χ2n) is 14.8. The molecule has 2 nitrogen and oxygen atoms in total. The van der Waals surface area contributed by atoms with Crippen LogP contribution in [0.15, 0.2) is 205 Å². The zero-order valence-corrected chi connectivity index (χ0v) is 30.4. The molecule has 0 radical (unpaired) electrons. The quantitative estimate of drug-likeness (QED) is 0.169. The maximum absolute atomic E-state index is 6.15. The van der Waals surface area contributed by atoms with Crippen LogP contribution in [-0.4, -0.2) is 0 Å². The second-order valence-corrected chi connectivity index (χ2v) is 14.8. The molecule has 0 fully saturated rings. The van der Waals surface area contributed by atoms with Crippen molar-refractivity contribution in [2.75, 3.05) is 4.90 Å². The van der Waals surface area contributed by atoms with Crippen LogP contribution >= 0.6 is 0 Å². The first-order valence-corrected chi connectivity index (χ1v) is 19.3. The number of furan rings is 1. The highest BCUT2D eigenvalue weighted by Crippen LogP contribution is 2.44. The van der Waals surface area contributed by atoms with Gasteiger partial charge < -0.3 is 9.32 Å². The van der Waals surface area contributed by atoms with Gasteiger partial charge in [0.25, 0.3) is 0 Å². The fourth-order valence-corrected chi connectivity index (χ4v) is 9.23. The van der Waals surface area contributed by atoms with Crippen LogP contribution in [0.5, 0.6) is 0 Å². The number of nitrogens with zero attached hydrogens (tertiary/aromatic N) is 1. The monoisotopic (exact) mass is 711 g/mol. The summed E-state index contributed by atoms with van der Waals surface area (Å²) in [6.45, 7) is 0. The summed E-state index contributed by atoms with van der Waals surface area (Å²) < 4.78 is 6.15. The van der Waals surface area contributed by atoms with Crippen LogP contribution in [0.3, 0.4) is 0 Å². The molecule has 12 rings (SSSR count). The molecule has 0 aliphatic rings. The molecule has 0 spiro atoms. The lowest BCUT2D eigenvalue weighted by atomic mass is 9.93. The minimum Gasteiger partial charge on any atom is -0.456 e. The average Bonchev–Trinajstić information content (AvgIpc) is 3.65. The van der Waals surface area contributed by atoms with Crippen molar-refractivity contribution in [3.63, 3.8) is 0 Å². The van der Waals surface area contributed by atoms with Crippen LogP contribution in [0, 0.1) is 0 Å². The highest BCUT2D eigenvalue weighted by Gasteiger charge is 2.18. The van der Waals surface area contributed by atoms with Crippen molar-refractivity contribution in [2.45, 2.75) is 0 Å². The Hall–Kier alpha value is -7.42. The first-order valence-electron chi connectivity index (χ1n) is 19.3. The highest BCUT2D eigenvalue weighted by atomic mass is 16.3. The molecule has 0 atom stereocenters. The Balaban J connectivity index is 1.08. The first-order chi connectivity index (χ1) is 27.8. The number of fused-ring (bicyclic) bond motifs is 15.